The number of hydrogen-bond acceptors (Lipinski definition) is 4. The van der Waals surface area contributed by atoms with Crippen molar-refractivity contribution in [3.8, 4) is 5.75 Å². The van der Waals surface area contributed by atoms with Gasteiger partial charge in [0.15, 0.2) is 0 Å². The highest BCUT2D eigenvalue weighted by atomic mass is 16.5. The third kappa shape index (κ3) is 4.20. The molecule has 112 valence electrons. The van der Waals surface area contributed by atoms with Crippen LogP contribution in [0.4, 0.5) is 0 Å². The van der Waals surface area contributed by atoms with E-state index in [4.69, 9.17) is 14.2 Å². The lowest BCUT2D eigenvalue weighted by Crippen LogP contribution is -2.33. The maximum Gasteiger partial charge on any atom is 0.122 e. The predicted octanol–water partition coefficient (Wildman–Crippen LogP) is 2.19. The highest BCUT2D eigenvalue weighted by Gasteiger charge is 2.23. The van der Waals surface area contributed by atoms with Gasteiger partial charge in [-0.05, 0) is 37.4 Å². The number of ether oxygens (including phenoxy) is 3. The second kappa shape index (κ2) is 8.25. The first-order chi connectivity index (χ1) is 9.85. The van der Waals surface area contributed by atoms with E-state index in [2.05, 4.69) is 23.5 Å². The van der Waals surface area contributed by atoms with Gasteiger partial charge in [-0.25, -0.2) is 0 Å². The molecule has 0 saturated carbocycles. The van der Waals surface area contributed by atoms with E-state index in [1.807, 2.05) is 13.1 Å². The fourth-order valence-corrected chi connectivity index (χ4v) is 2.64. The van der Waals surface area contributed by atoms with Crippen LogP contribution in [0.2, 0.25) is 0 Å². The highest BCUT2D eigenvalue weighted by molar-refractivity contribution is 5.37. The molecule has 1 aromatic carbocycles. The third-order valence-corrected chi connectivity index (χ3v) is 3.81. The molecule has 0 radical (unpaired) electrons. The Bertz CT molecular complexity index is 397. The molecule has 1 aliphatic rings. The van der Waals surface area contributed by atoms with Crippen molar-refractivity contribution in [2.45, 2.75) is 24.8 Å². The number of methoxy groups -OCH3 is 1. The minimum atomic E-state index is 0.364. The number of hydrogen-bond donors (Lipinski definition) is 1. The van der Waals surface area contributed by atoms with E-state index in [0.29, 0.717) is 25.2 Å². The van der Waals surface area contributed by atoms with Crippen molar-refractivity contribution < 1.29 is 14.2 Å². The number of rotatable bonds is 8. The van der Waals surface area contributed by atoms with Gasteiger partial charge in [0.25, 0.3) is 0 Å². The van der Waals surface area contributed by atoms with E-state index in [1.54, 1.807) is 7.11 Å². The molecule has 20 heavy (non-hydrogen) atoms. The Hall–Kier alpha value is -1.10. The van der Waals surface area contributed by atoms with Crippen LogP contribution in [0.25, 0.3) is 0 Å². The first kappa shape index (κ1) is 15.3. The molecule has 0 fully saturated rings. The average Bonchev–Trinajstić information content (AvgIpc) is 2.50. The van der Waals surface area contributed by atoms with Crippen LogP contribution in [0, 0.1) is 0 Å². The molecule has 0 aromatic heterocycles. The molecule has 1 N–H and O–H groups in total. The Kier molecular flexibility index (Phi) is 6.30. The molecule has 2 atom stereocenters. The summed E-state index contributed by atoms with van der Waals surface area (Å²) in [5, 5.41) is 3.35. The van der Waals surface area contributed by atoms with Gasteiger partial charge < -0.3 is 19.5 Å². The minimum Gasteiger partial charge on any atom is -0.493 e. The molecule has 2 rings (SSSR count). The third-order valence-electron chi connectivity index (χ3n) is 3.81. The summed E-state index contributed by atoms with van der Waals surface area (Å²) in [5.74, 6) is 1.59. The zero-order valence-electron chi connectivity index (χ0n) is 12.4. The number of likely N-dealkylation sites (N-methyl/N-ethyl adjacent to an activating group) is 1. The summed E-state index contributed by atoms with van der Waals surface area (Å²) >= 11 is 0. The molecule has 1 heterocycles. The van der Waals surface area contributed by atoms with Crippen LogP contribution < -0.4 is 10.1 Å². The standard InChI is InChI=1S/C16H25NO3/c1-17-14(12-19-10-9-18-2)11-13-7-8-20-16-6-4-3-5-15(13)16/h3-6,13-14,17H,7-12H2,1-2H3. The van der Waals surface area contributed by atoms with Gasteiger partial charge >= 0.3 is 0 Å². The van der Waals surface area contributed by atoms with Gasteiger partial charge in [-0.3, -0.25) is 0 Å². The molecular weight excluding hydrogens is 254 g/mol. The molecule has 0 aliphatic carbocycles. The molecule has 2 unspecified atom stereocenters. The van der Waals surface area contributed by atoms with Crippen LogP contribution in [0.1, 0.15) is 24.3 Å². The smallest absolute Gasteiger partial charge is 0.122 e. The highest BCUT2D eigenvalue weighted by Crippen LogP contribution is 2.36. The van der Waals surface area contributed by atoms with E-state index in [-0.39, 0.29) is 0 Å². The second-order valence-corrected chi connectivity index (χ2v) is 5.16. The lowest BCUT2D eigenvalue weighted by Gasteiger charge is -2.29. The van der Waals surface area contributed by atoms with Gasteiger partial charge in [-0.2, -0.15) is 0 Å². The van der Waals surface area contributed by atoms with E-state index >= 15 is 0 Å². The summed E-state index contributed by atoms with van der Waals surface area (Å²) in [5.41, 5.74) is 1.33. The summed E-state index contributed by atoms with van der Waals surface area (Å²) < 4.78 is 16.3. The van der Waals surface area contributed by atoms with Crippen molar-refractivity contribution >= 4 is 0 Å². The van der Waals surface area contributed by atoms with Crippen LogP contribution in [0.3, 0.4) is 0 Å². The van der Waals surface area contributed by atoms with Crippen LogP contribution >= 0.6 is 0 Å². The van der Waals surface area contributed by atoms with E-state index in [1.165, 1.54) is 5.56 Å². The van der Waals surface area contributed by atoms with Crippen molar-refractivity contribution in [1.82, 2.24) is 5.32 Å². The number of fused-ring (bicyclic) bond motifs is 1. The molecule has 0 amide bonds. The number of nitrogens with one attached hydrogen (secondary N) is 1. The van der Waals surface area contributed by atoms with E-state index < -0.39 is 0 Å². The van der Waals surface area contributed by atoms with Gasteiger partial charge in [-0.1, -0.05) is 18.2 Å². The van der Waals surface area contributed by atoms with Crippen LogP contribution in [0.15, 0.2) is 24.3 Å². The SMILES string of the molecule is CNC(COCCOC)CC1CCOc2ccccc21. The largest absolute Gasteiger partial charge is 0.493 e. The van der Waals surface area contributed by atoms with Crippen LogP contribution in [-0.4, -0.2) is 46.6 Å². The van der Waals surface area contributed by atoms with Gasteiger partial charge in [0.2, 0.25) is 0 Å². The maximum atomic E-state index is 5.71. The zero-order valence-corrected chi connectivity index (χ0v) is 12.4. The molecule has 0 spiro atoms. The van der Waals surface area contributed by atoms with E-state index in [0.717, 1.165) is 31.8 Å². The van der Waals surface area contributed by atoms with Crippen LogP contribution in [0.5, 0.6) is 5.75 Å². The summed E-state index contributed by atoms with van der Waals surface area (Å²) in [6, 6.07) is 8.72. The predicted molar refractivity (Wildman–Crippen MR) is 79.5 cm³/mol. The van der Waals surface area contributed by atoms with Crippen molar-refractivity contribution in [3.05, 3.63) is 29.8 Å². The number of benzene rings is 1. The van der Waals surface area contributed by atoms with Gasteiger partial charge in [0.05, 0.1) is 26.4 Å². The first-order valence-electron chi connectivity index (χ1n) is 7.30. The molecule has 1 aromatic rings. The molecule has 0 saturated heterocycles. The fourth-order valence-electron chi connectivity index (χ4n) is 2.64. The molecule has 4 heteroatoms. The van der Waals surface area contributed by atoms with E-state index in [9.17, 15) is 0 Å². The van der Waals surface area contributed by atoms with Crippen LogP contribution in [-0.2, 0) is 9.47 Å². The monoisotopic (exact) mass is 279 g/mol. The molecule has 0 bridgehead atoms. The Morgan fingerprint density at radius 3 is 3.00 bits per heavy atom. The number of para-hydroxylation sites is 1. The van der Waals surface area contributed by atoms with Gasteiger partial charge in [-0.15, -0.1) is 0 Å². The average molecular weight is 279 g/mol. The maximum absolute atomic E-state index is 5.71. The lowest BCUT2D eigenvalue weighted by atomic mass is 9.87. The summed E-state index contributed by atoms with van der Waals surface area (Å²) in [6.07, 6.45) is 2.15. The first-order valence-corrected chi connectivity index (χ1v) is 7.30. The quantitative estimate of drug-likeness (QED) is 0.741. The topological polar surface area (TPSA) is 39.7 Å². The van der Waals surface area contributed by atoms with Crippen molar-refractivity contribution in [2.24, 2.45) is 0 Å². The van der Waals surface area contributed by atoms with Crippen molar-refractivity contribution in [2.75, 3.05) is 40.6 Å². The Morgan fingerprint density at radius 2 is 2.20 bits per heavy atom. The Labute approximate surface area is 121 Å². The minimum absolute atomic E-state index is 0.364. The molecule has 4 nitrogen and oxygen atoms in total. The summed E-state index contributed by atoms with van der Waals surface area (Å²) in [6.45, 7) is 2.83. The molecule has 1 aliphatic heterocycles. The summed E-state index contributed by atoms with van der Waals surface area (Å²) in [7, 11) is 3.69. The fraction of sp³-hybridized carbons (Fsp3) is 0.625. The normalized spacial score (nSPS) is 19.2. The zero-order chi connectivity index (χ0) is 14.2. The summed E-state index contributed by atoms with van der Waals surface area (Å²) in [4.78, 5) is 0. The lowest BCUT2D eigenvalue weighted by molar-refractivity contribution is 0.0568. The van der Waals surface area contributed by atoms with Gasteiger partial charge in [0.1, 0.15) is 5.75 Å². The Balaban J connectivity index is 1.88. The molecular formula is C16H25NO3. The Morgan fingerprint density at radius 1 is 1.35 bits per heavy atom. The van der Waals surface area contributed by atoms with Crippen molar-refractivity contribution in [1.29, 1.82) is 0 Å². The second-order valence-electron chi connectivity index (χ2n) is 5.16. The van der Waals surface area contributed by atoms with Gasteiger partial charge in [0, 0.05) is 13.2 Å². The van der Waals surface area contributed by atoms with Crippen molar-refractivity contribution in [3.63, 3.8) is 0 Å².